The fraction of sp³-hybridized carbons (Fsp3) is 0.111. The number of hydrogen-bond acceptors (Lipinski definition) is 6. The average Bonchev–Trinajstić information content (AvgIpc) is 2.79. The molecule has 2 heterocycles. The highest BCUT2D eigenvalue weighted by Crippen LogP contribution is 2.13. The number of carbonyl (C=O) groups excluding carboxylic acids is 1. The minimum absolute atomic E-state index is 0.173. The van der Waals surface area contributed by atoms with E-state index in [2.05, 4.69) is 20.3 Å². The molecule has 0 spiro atoms. The van der Waals surface area contributed by atoms with Crippen LogP contribution in [0.3, 0.4) is 0 Å². The first-order valence-electron chi connectivity index (χ1n) is 4.61. The minimum Gasteiger partial charge on any atom is -0.301 e. The lowest BCUT2D eigenvalue weighted by Crippen LogP contribution is -2.14. The molecule has 0 aliphatic heterocycles. The van der Waals surface area contributed by atoms with Crippen molar-refractivity contribution in [1.82, 2.24) is 15.0 Å². The Labute approximate surface area is 105 Å². The molecule has 0 aromatic carbocycles. The number of nitrogens with zero attached hydrogens (tertiary/aromatic N) is 2. The zero-order chi connectivity index (χ0) is 12.1. The molecule has 8 heteroatoms. The van der Waals surface area contributed by atoms with Gasteiger partial charge in [0, 0.05) is 23.8 Å². The van der Waals surface area contributed by atoms with E-state index in [1.54, 1.807) is 11.6 Å². The van der Waals surface area contributed by atoms with Crippen LogP contribution in [-0.2, 0) is 4.79 Å². The predicted molar refractivity (Wildman–Crippen MR) is 66.3 cm³/mol. The van der Waals surface area contributed by atoms with Crippen molar-refractivity contribution in [2.24, 2.45) is 0 Å². The molecule has 2 rings (SSSR count). The highest BCUT2D eigenvalue weighted by atomic mass is 32.2. The predicted octanol–water partition coefficient (Wildman–Crippen LogP) is 0.957. The normalized spacial score (nSPS) is 10.1. The standard InChI is InChI=1S/C9H8N4O2S2/c14-6-1-2-10-9(12-6)17-5-7(15)13-8-11-3-4-16-8/h1-4H,5H2,(H,10,12,14)(H,11,13,15). The maximum absolute atomic E-state index is 11.5. The lowest BCUT2D eigenvalue weighted by Gasteiger charge is -2.00. The van der Waals surface area contributed by atoms with Gasteiger partial charge in [0.25, 0.3) is 5.56 Å². The second kappa shape index (κ2) is 5.60. The van der Waals surface area contributed by atoms with Crippen LogP contribution in [0.5, 0.6) is 0 Å². The van der Waals surface area contributed by atoms with Crippen molar-refractivity contribution in [1.29, 1.82) is 0 Å². The molecule has 0 aliphatic rings. The second-order valence-corrected chi connectivity index (χ2v) is 4.77. The topological polar surface area (TPSA) is 87.7 Å². The van der Waals surface area contributed by atoms with Gasteiger partial charge in [-0.05, 0) is 0 Å². The number of thioether (sulfide) groups is 1. The van der Waals surface area contributed by atoms with Crippen LogP contribution in [0.2, 0.25) is 0 Å². The van der Waals surface area contributed by atoms with E-state index >= 15 is 0 Å². The summed E-state index contributed by atoms with van der Waals surface area (Å²) in [6.45, 7) is 0. The number of amides is 1. The molecule has 88 valence electrons. The Hall–Kier alpha value is -1.67. The van der Waals surface area contributed by atoms with Crippen molar-refractivity contribution in [3.05, 3.63) is 34.2 Å². The van der Waals surface area contributed by atoms with E-state index < -0.39 is 0 Å². The molecule has 0 radical (unpaired) electrons. The largest absolute Gasteiger partial charge is 0.301 e. The maximum Gasteiger partial charge on any atom is 0.251 e. The molecule has 1 amide bonds. The highest BCUT2D eigenvalue weighted by molar-refractivity contribution is 7.99. The van der Waals surface area contributed by atoms with Gasteiger partial charge in [-0.25, -0.2) is 9.97 Å². The Morgan fingerprint density at radius 2 is 2.35 bits per heavy atom. The Bertz CT molecular complexity index is 552. The van der Waals surface area contributed by atoms with Crippen LogP contribution in [0.1, 0.15) is 0 Å². The molecular weight excluding hydrogens is 260 g/mol. The number of rotatable bonds is 4. The zero-order valence-corrected chi connectivity index (χ0v) is 10.2. The van der Waals surface area contributed by atoms with E-state index in [1.165, 1.54) is 23.6 Å². The molecule has 0 bridgehead atoms. The SMILES string of the molecule is O=C(CSc1nccc(=O)[nH]1)Nc1nccs1. The molecule has 2 aromatic heterocycles. The van der Waals surface area contributed by atoms with Crippen LogP contribution in [0.15, 0.2) is 33.8 Å². The molecular formula is C9H8N4O2S2. The van der Waals surface area contributed by atoms with E-state index in [1.807, 2.05) is 0 Å². The number of carbonyl (C=O) groups is 1. The molecule has 0 atom stereocenters. The van der Waals surface area contributed by atoms with E-state index in [4.69, 9.17) is 0 Å². The van der Waals surface area contributed by atoms with Crippen LogP contribution in [0.25, 0.3) is 0 Å². The molecule has 6 nitrogen and oxygen atoms in total. The molecule has 2 N–H and O–H groups in total. The number of nitrogens with one attached hydrogen (secondary N) is 2. The fourth-order valence-electron chi connectivity index (χ4n) is 1.000. The summed E-state index contributed by atoms with van der Waals surface area (Å²) in [5.41, 5.74) is -0.233. The van der Waals surface area contributed by atoms with Gasteiger partial charge < -0.3 is 10.3 Å². The summed E-state index contributed by atoms with van der Waals surface area (Å²) in [5.74, 6) is -0.0107. The van der Waals surface area contributed by atoms with Crippen LogP contribution in [0.4, 0.5) is 5.13 Å². The molecule has 17 heavy (non-hydrogen) atoms. The Balaban J connectivity index is 1.86. The third-order valence-electron chi connectivity index (χ3n) is 1.67. The van der Waals surface area contributed by atoms with E-state index in [0.29, 0.717) is 10.3 Å². The number of hydrogen-bond donors (Lipinski definition) is 2. The first-order valence-corrected chi connectivity index (χ1v) is 6.48. The van der Waals surface area contributed by atoms with Crippen LogP contribution < -0.4 is 10.9 Å². The van der Waals surface area contributed by atoms with Gasteiger partial charge in [-0.15, -0.1) is 11.3 Å². The van der Waals surface area contributed by atoms with Gasteiger partial charge in [-0.1, -0.05) is 11.8 Å². The van der Waals surface area contributed by atoms with Crippen LogP contribution >= 0.6 is 23.1 Å². The van der Waals surface area contributed by atoms with Crippen molar-refractivity contribution in [3.63, 3.8) is 0 Å². The highest BCUT2D eigenvalue weighted by Gasteiger charge is 2.05. The maximum atomic E-state index is 11.5. The molecule has 0 unspecified atom stereocenters. The number of aromatic amines is 1. The van der Waals surface area contributed by atoms with Gasteiger partial charge in [-0.2, -0.15) is 0 Å². The summed E-state index contributed by atoms with van der Waals surface area (Å²) in [6, 6.07) is 1.32. The number of H-pyrrole nitrogens is 1. The number of aromatic nitrogens is 3. The van der Waals surface area contributed by atoms with Gasteiger partial charge in [0.2, 0.25) is 5.91 Å². The van der Waals surface area contributed by atoms with E-state index in [-0.39, 0.29) is 17.2 Å². The summed E-state index contributed by atoms with van der Waals surface area (Å²) >= 11 is 2.51. The Kier molecular flexibility index (Phi) is 3.89. The molecule has 0 saturated heterocycles. The molecule has 2 aromatic rings. The summed E-state index contributed by atoms with van der Waals surface area (Å²) < 4.78 is 0. The van der Waals surface area contributed by atoms with Crippen molar-refractivity contribution < 1.29 is 4.79 Å². The first kappa shape index (κ1) is 11.8. The van der Waals surface area contributed by atoms with Gasteiger partial charge in [0.15, 0.2) is 10.3 Å². The number of anilines is 1. The lowest BCUT2D eigenvalue weighted by atomic mass is 10.7. The van der Waals surface area contributed by atoms with Crippen molar-refractivity contribution in [2.45, 2.75) is 5.16 Å². The third-order valence-corrected chi connectivity index (χ3v) is 3.24. The molecule has 0 fully saturated rings. The molecule has 0 saturated carbocycles. The van der Waals surface area contributed by atoms with Crippen molar-refractivity contribution in [2.75, 3.05) is 11.1 Å². The number of thiazole rings is 1. The van der Waals surface area contributed by atoms with Gasteiger partial charge in [0.05, 0.1) is 5.75 Å². The summed E-state index contributed by atoms with van der Waals surface area (Å²) in [4.78, 5) is 32.8. The second-order valence-electron chi connectivity index (χ2n) is 2.91. The quantitative estimate of drug-likeness (QED) is 0.637. The zero-order valence-electron chi connectivity index (χ0n) is 8.54. The summed E-state index contributed by atoms with van der Waals surface area (Å²) in [6.07, 6.45) is 3.02. The van der Waals surface area contributed by atoms with Crippen LogP contribution in [0, 0.1) is 0 Å². The third kappa shape index (κ3) is 3.68. The van der Waals surface area contributed by atoms with Gasteiger partial charge >= 0.3 is 0 Å². The van der Waals surface area contributed by atoms with Gasteiger partial charge in [0.1, 0.15) is 0 Å². The van der Waals surface area contributed by atoms with Gasteiger partial charge in [-0.3, -0.25) is 9.59 Å². The Morgan fingerprint density at radius 1 is 1.47 bits per heavy atom. The minimum atomic E-state index is -0.233. The monoisotopic (exact) mass is 268 g/mol. The Morgan fingerprint density at radius 3 is 3.06 bits per heavy atom. The van der Waals surface area contributed by atoms with E-state index in [0.717, 1.165) is 11.8 Å². The van der Waals surface area contributed by atoms with Crippen molar-refractivity contribution >= 4 is 34.1 Å². The summed E-state index contributed by atoms with van der Waals surface area (Å²) in [7, 11) is 0. The average molecular weight is 268 g/mol. The molecule has 0 aliphatic carbocycles. The lowest BCUT2D eigenvalue weighted by molar-refractivity contribution is -0.113. The smallest absolute Gasteiger partial charge is 0.251 e. The first-order chi connectivity index (χ1) is 8.24. The fourth-order valence-corrected chi connectivity index (χ4v) is 2.19. The van der Waals surface area contributed by atoms with E-state index in [9.17, 15) is 9.59 Å². The van der Waals surface area contributed by atoms with Crippen LogP contribution in [-0.4, -0.2) is 26.6 Å². The summed E-state index contributed by atoms with van der Waals surface area (Å²) in [5, 5.41) is 5.39. The van der Waals surface area contributed by atoms with Crippen molar-refractivity contribution in [3.8, 4) is 0 Å².